The van der Waals surface area contributed by atoms with Crippen molar-refractivity contribution in [2.75, 3.05) is 18.4 Å². The zero-order chi connectivity index (χ0) is 21.4. The van der Waals surface area contributed by atoms with Crippen LogP contribution in [0.25, 0.3) is 0 Å². The molecule has 3 atom stereocenters. The number of rotatable bonds is 4. The van der Waals surface area contributed by atoms with E-state index in [1.807, 2.05) is 0 Å². The molecule has 6 nitrogen and oxygen atoms in total. The maximum absolute atomic E-state index is 13.1. The van der Waals surface area contributed by atoms with Crippen LogP contribution in [0, 0.1) is 18.7 Å². The van der Waals surface area contributed by atoms with E-state index in [9.17, 15) is 23.7 Å². The minimum atomic E-state index is -2.73. The van der Waals surface area contributed by atoms with Crippen molar-refractivity contribution < 1.29 is 23.7 Å². The van der Waals surface area contributed by atoms with Gasteiger partial charge in [0.15, 0.2) is 5.30 Å². The van der Waals surface area contributed by atoms with Gasteiger partial charge in [0.1, 0.15) is 5.82 Å². The van der Waals surface area contributed by atoms with Gasteiger partial charge >= 0.3 is 8.03 Å². The minimum Gasteiger partial charge on any atom is -0.591 e. The first-order chi connectivity index (χ1) is 13.8. The van der Waals surface area contributed by atoms with Gasteiger partial charge in [0.05, 0.1) is 6.10 Å². The lowest BCUT2D eigenvalue weighted by atomic mass is 9.94. The van der Waals surface area contributed by atoms with E-state index in [0.717, 1.165) is 25.9 Å². The Hall–Kier alpha value is -2.18. The van der Waals surface area contributed by atoms with Gasteiger partial charge in [-0.05, 0) is 68.1 Å². The van der Waals surface area contributed by atoms with Crippen LogP contribution in [0.3, 0.4) is 0 Å². The number of nitrogens with one attached hydrogen (secondary N) is 2. The first kappa shape index (κ1) is 23.1. The van der Waals surface area contributed by atoms with Crippen molar-refractivity contribution in [3.05, 3.63) is 59.4 Å². The van der Waals surface area contributed by atoms with Gasteiger partial charge in [0.25, 0.3) is 5.91 Å². The van der Waals surface area contributed by atoms with Gasteiger partial charge in [-0.1, -0.05) is 17.6 Å². The largest absolute Gasteiger partial charge is 0.591 e. The molecule has 1 aliphatic heterocycles. The lowest BCUT2D eigenvalue weighted by molar-refractivity contribution is -0.160. The van der Waals surface area contributed by atoms with Gasteiger partial charge in [-0.15, -0.1) is 0 Å². The van der Waals surface area contributed by atoms with E-state index < -0.39 is 13.9 Å². The third kappa shape index (κ3) is 6.98. The van der Waals surface area contributed by atoms with E-state index in [0.29, 0.717) is 17.2 Å². The van der Waals surface area contributed by atoms with Gasteiger partial charge < -0.3 is 20.6 Å². The van der Waals surface area contributed by atoms with Crippen molar-refractivity contribution in [1.29, 1.82) is 0 Å². The minimum absolute atomic E-state index is 0.0451. The molecule has 156 valence electrons. The second-order valence-electron chi connectivity index (χ2n) is 6.95. The molecule has 2 aromatic carbocycles. The number of aliphatic hydroxyl groups is 1. The van der Waals surface area contributed by atoms with Gasteiger partial charge in [-0.2, -0.15) is 0 Å². The third-order valence-corrected chi connectivity index (χ3v) is 5.53. The zero-order valence-electron chi connectivity index (χ0n) is 16.5. The number of carbonyl (C=O) groups excluding carboxylic acids is 1. The summed E-state index contributed by atoms with van der Waals surface area (Å²) >= 11 is 0. The number of hydrogen-bond acceptors (Lipinski definition) is 5. The standard InChI is InChI=1S/C14H11FNO3P.C7H15NO/c1-9-7-11(5-6-13(9)15)16-14(17)10-3-2-4-12(8-10)20(18)19;1-2-6-5-8-4-3-7(6)9/h2-8H,1H3,(H,16,17);6-9H,2-5H2,1H3. The van der Waals surface area contributed by atoms with E-state index in [1.54, 1.807) is 6.92 Å². The Morgan fingerprint density at radius 3 is 2.69 bits per heavy atom. The average Bonchev–Trinajstić information content (AvgIpc) is 2.71. The quantitative estimate of drug-likeness (QED) is 0.660. The molecule has 0 spiro atoms. The Morgan fingerprint density at radius 2 is 2.10 bits per heavy atom. The summed E-state index contributed by atoms with van der Waals surface area (Å²) in [6.45, 7) is 5.70. The van der Waals surface area contributed by atoms with E-state index in [1.165, 1.54) is 42.5 Å². The monoisotopic (exact) mass is 420 g/mol. The van der Waals surface area contributed by atoms with E-state index >= 15 is 0 Å². The Kier molecular flexibility index (Phi) is 8.86. The Balaban J connectivity index is 0.000000278. The van der Waals surface area contributed by atoms with Crippen LogP contribution in [0.15, 0.2) is 42.5 Å². The molecule has 0 radical (unpaired) electrons. The lowest BCUT2D eigenvalue weighted by Gasteiger charge is -2.26. The Labute approximate surface area is 171 Å². The highest BCUT2D eigenvalue weighted by molar-refractivity contribution is 7.45. The van der Waals surface area contributed by atoms with E-state index in [4.69, 9.17) is 0 Å². The van der Waals surface area contributed by atoms with Crippen LogP contribution in [0.4, 0.5) is 10.1 Å². The van der Waals surface area contributed by atoms with Crippen molar-refractivity contribution in [3.63, 3.8) is 0 Å². The molecule has 1 saturated heterocycles. The highest BCUT2D eigenvalue weighted by Gasteiger charge is 2.20. The molecule has 0 saturated carbocycles. The lowest BCUT2D eigenvalue weighted by Crippen LogP contribution is -2.39. The zero-order valence-corrected chi connectivity index (χ0v) is 17.4. The SMILES string of the molecule is CCC1CNCCC1O.Cc1cc(NC(=O)c2cccc([P+](=O)[O-])c2)ccc1F. The molecule has 29 heavy (non-hydrogen) atoms. The summed E-state index contributed by atoms with van der Waals surface area (Å²) in [7, 11) is -2.73. The summed E-state index contributed by atoms with van der Waals surface area (Å²) in [5, 5.41) is 15.2. The summed E-state index contributed by atoms with van der Waals surface area (Å²) in [5.74, 6) is -0.304. The molecule has 0 aromatic heterocycles. The summed E-state index contributed by atoms with van der Waals surface area (Å²) in [6, 6.07) is 9.90. The molecule has 3 unspecified atom stereocenters. The number of aliphatic hydroxyl groups excluding tert-OH is 1. The predicted molar refractivity (Wildman–Crippen MR) is 110 cm³/mol. The van der Waals surface area contributed by atoms with Crippen LogP contribution in [0.2, 0.25) is 0 Å². The van der Waals surface area contributed by atoms with Gasteiger partial charge in [0.2, 0.25) is 0 Å². The van der Waals surface area contributed by atoms with Gasteiger partial charge in [-0.25, -0.2) is 4.39 Å². The number of amides is 1. The Morgan fingerprint density at radius 1 is 1.34 bits per heavy atom. The summed E-state index contributed by atoms with van der Waals surface area (Å²) in [4.78, 5) is 22.9. The second-order valence-corrected chi connectivity index (χ2v) is 7.98. The number of benzene rings is 2. The molecule has 1 heterocycles. The van der Waals surface area contributed by atoms with E-state index in [-0.39, 0.29) is 22.8 Å². The summed E-state index contributed by atoms with van der Waals surface area (Å²) < 4.78 is 24.0. The van der Waals surface area contributed by atoms with Crippen LogP contribution >= 0.6 is 8.03 Å². The fourth-order valence-corrected chi connectivity index (χ4v) is 3.46. The van der Waals surface area contributed by atoms with Gasteiger partial charge in [-0.3, -0.25) is 4.79 Å². The van der Waals surface area contributed by atoms with Crippen LogP contribution < -0.4 is 20.8 Å². The summed E-state index contributed by atoms with van der Waals surface area (Å²) in [5.41, 5.74) is 1.09. The van der Waals surface area contributed by atoms with Crippen molar-refractivity contribution in [2.24, 2.45) is 5.92 Å². The van der Waals surface area contributed by atoms with Crippen LogP contribution in [0.5, 0.6) is 0 Å². The Bertz CT molecular complexity index is 862. The molecule has 3 N–H and O–H groups in total. The van der Waals surface area contributed by atoms with E-state index in [2.05, 4.69) is 17.6 Å². The average molecular weight is 420 g/mol. The molecular formula is C21H26FN2O4P. The number of aryl methyl sites for hydroxylation is 1. The topological polar surface area (TPSA) is 101 Å². The van der Waals surface area contributed by atoms with Crippen molar-refractivity contribution in [3.8, 4) is 0 Å². The molecule has 1 aliphatic rings. The number of halogens is 1. The number of anilines is 1. The van der Waals surface area contributed by atoms with Crippen LogP contribution in [-0.4, -0.2) is 30.2 Å². The predicted octanol–water partition coefficient (Wildman–Crippen LogP) is 2.48. The normalized spacial score (nSPS) is 19.0. The van der Waals surface area contributed by atoms with Crippen molar-refractivity contribution in [2.45, 2.75) is 32.8 Å². The van der Waals surface area contributed by atoms with Crippen molar-refractivity contribution in [1.82, 2.24) is 5.32 Å². The van der Waals surface area contributed by atoms with Crippen molar-refractivity contribution >= 4 is 24.9 Å². The maximum atomic E-state index is 13.1. The highest BCUT2D eigenvalue weighted by atomic mass is 31.1. The molecule has 0 bridgehead atoms. The first-order valence-corrected chi connectivity index (χ1v) is 10.7. The molecule has 1 fully saturated rings. The molecule has 1 amide bonds. The fourth-order valence-electron chi connectivity index (χ4n) is 3.01. The van der Waals surface area contributed by atoms with Crippen LogP contribution in [0.1, 0.15) is 35.7 Å². The molecule has 0 aliphatic carbocycles. The fraction of sp³-hybridized carbons (Fsp3) is 0.381. The van der Waals surface area contributed by atoms with Crippen LogP contribution in [-0.2, 0) is 4.57 Å². The number of carbonyl (C=O) groups is 1. The highest BCUT2D eigenvalue weighted by Crippen LogP contribution is 2.16. The third-order valence-electron chi connectivity index (χ3n) is 4.83. The molecule has 2 aromatic rings. The van der Waals surface area contributed by atoms with Gasteiger partial charge in [0, 0.05) is 23.9 Å². The summed E-state index contributed by atoms with van der Waals surface area (Å²) in [6.07, 6.45) is 1.98. The first-order valence-electron chi connectivity index (χ1n) is 9.52. The number of hydrogen-bond donors (Lipinski definition) is 3. The molecular weight excluding hydrogens is 394 g/mol. The maximum Gasteiger partial charge on any atom is 0.348 e. The molecule has 8 heteroatoms. The number of piperidine rings is 1. The second kappa shape index (κ2) is 11.1. The molecule has 3 rings (SSSR count). The smallest absolute Gasteiger partial charge is 0.348 e.